The van der Waals surface area contributed by atoms with Gasteiger partial charge in [-0.1, -0.05) is 17.7 Å². The van der Waals surface area contributed by atoms with Crippen LogP contribution in [0.25, 0.3) is 10.9 Å². The number of benzene rings is 1. The van der Waals surface area contributed by atoms with E-state index < -0.39 is 24.0 Å². The molecular formula is C17H16ClFN6O3. The van der Waals surface area contributed by atoms with Crippen molar-refractivity contribution in [3.8, 4) is 0 Å². The molecule has 0 radical (unpaired) electrons. The Morgan fingerprint density at radius 1 is 1.29 bits per heavy atom. The lowest BCUT2D eigenvalue weighted by Crippen LogP contribution is -2.31. The largest absolute Gasteiger partial charge is 0.453 e. The quantitative estimate of drug-likeness (QED) is 0.525. The van der Waals surface area contributed by atoms with E-state index in [2.05, 4.69) is 35.9 Å². The van der Waals surface area contributed by atoms with Crippen molar-refractivity contribution < 1.29 is 18.7 Å². The van der Waals surface area contributed by atoms with Gasteiger partial charge in [-0.05, 0) is 24.6 Å². The number of urea groups is 1. The predicted octanol–water partition coefficient (Wildman–Crippen LogP) is 3.81. The van der Waals surface area contributed by atoms with Crippen molar-refractivity contribution in [2.75, 3.05) is 17.7 Å². The van der Waals surface area contributed by atoms with Gasteiger partial charge in [-0.25, -0.2) is 19.0 Å². The van der Waals surface area contributed by atoms with Crippen LogP contribution in [-0.2, 0) is 4.74 Å². The van der Waals surface area contributed by atoms with Gasteiger partial charge in [0.2, 0.25) is 0 Å². The number of carbonyl (C=O) groups excluding carboxylic acids is 2. The first-order chi connectivity index (χ1) is 13.4. The van der Waals surface area contributed by atoms with E-state index in [4.69, 9.17) is 11.6 Å². The van der Waals surface area contributed by atoms with Gasteiger partial charge in [-0.3, -0.25) is 15.7 Å². The number of carbonyl (C=O) groups is 2. The van der Waals surface area contributed by atoms with Crippen LogP contribution >= 0.6 is 11.6 Å². The lowest BCUT2D eigenvalue weighted by Gasteiger charge is -2.15. The molecular weight excluding hydrogens is 391 g/mol. The molecule has 1 atom stereocenters. The standard InChI is InChI=1S/C17H16ClFN6O3/c1-8(9-3-4-12(19)11(18)5-9)21-16(26)22-14-6-13-10(7-20-14)15(25-24-13)23-17(27)28-2/h3-8H,1-2H3,(H2,20,21,22,26)(H2,23,24,25,27)/t8-/m1/s1. The van der Waals surface area contributed by atoms with Crippen LogP contribution in [0.3, 0.4) is 0 Å². The number of aromatic nitrogens is 3. The summed E-state index contributed by atoms with van der Waals surface area (Å²) < 4.78 is 17.8. The van der Waals surface area contributed by atoms with E-state index in [1.54, 1.807) is 13.0 Å². The highest BCUT2D eigenvalue weighted by Crippen LogP contribution is 2.23. The van der Waals surface area contributed by atoms with E-state index in [1.165, 1.54) is 31.5 Å². The van der Waals surface area contributed by atoms with Crippen molar-refractivity contribution in [3.63, 3.8) is 0 Å². The highest BCUT2D eigenvalue weighted by atomic mass is 35.5. The molecule has 3 amide bonds. The monoisotopic (exact) mass is 406 g/mol. The minimum absolute atomic E-state index is 0.0192. The molecule has 1 aromatic carbocycles. The molecule has 9 nitrogen and oxygen atoms in total. The Labute approximate surface area is 163 Å². The average molecular weight is 407 g/mol. The van der Waals surface area contributed by atoms with Gasteiger partial charge in [-0.15, -0.1) is 0 Å². The summed E-state index contributed by atoms with van der Waals surface area (Å²) in [5, 5.41) is 15.0. The Morgan fingerprint density at radius 3 is 2.79 bits per heavy atom. The second kappa shape index (κ2) is 8.09. The molecule has 4 N–H and O–H groups in total. The lowest BCUT2D eigenvalue weighted by atomic mass is 10.1. The molecule has 0 unspecified atom stereocenters. The summed E-state index contributed by atoms with van der Waals surface area (Å²) in [6, 6.07) is 4.87. The van der Waals surface area contributed by atoms with Gasteiger partial charge in [0.05, 0.1) is 29.1 Å². The first-order valence-corrected chi connectivity index (χ1v) is 8.46. The number of hydrogen-bond acceptors (Lipinski definition) is 5. The minimum atomic E-state index is -0.662. The van der Waals surface area contributed by atoms with Crippen LogP contribution < -0.4 is 16.0 Å². The number of nitrogens with one attached hydrogen (secondary N) is 4. The molecule has 28 heavy (non-hydrogen) atoms. The van der Waals surface area contributed by atoms with Gasteiger partial charge in [0, 0.05) is 12.3 Å². The van der Waals surface area contributed by atoms with Crippen molar-refractivity contribution in [2.24, 2.45) is 0 Å². The molecule has 0 spiro atoms. The summed E-state index contributed by atoms with van der Waals surface area (Å²) in [6.45, 7) is 1.74. The van der Waals surface area contributed by atoms with Gasteiger partial charge >= 0.3 is 12.1 Å². The van der Waals surface area contributed by atoms with Crippen LogP contribution in [0.1, 0.15) is 18.5 Å². The van der Waals surface area contributed by atoms with Crippen LogP contribution in [0, 0.1) is 5.82 Å². The second-order valence-corrected chi connectivity index (χ2v) is 6.20. The molecule has 2 aromatic heterocycles. The average Bonchev–Trinajstić information content (AvgIpc) is 3.05. The van der Waals surface area contributed by atoms with Crippen LogP contribution in [0.2, 0.25) is 5.02 Å². The highest BCUT2D eigenvalue weighted by Gasteiger charge is 2.14. The molecule has 11 heteroatoms. The lowest BCUT2D eigenvalue weighted by molar-refractivity contribution is 0.187. The molecule has 0 saturated carbocycles. The summed E-state index contributed by atoms with van der Waals surface area (Å²) in [4.78, 5) is 27.6. The molecule has 3 aromatic rings. The Morgan fingerprint density at radius 2 is 2.07 bits per heavy atom. The first-order valence-electron chi connectivity index (χ1n) is 8.09. The predicted molar refractivity (Wildman–Crippen MR) is 102 cm³/mol. The maximum absolute atomic E-state index is 13.3. The second-order valence-electron chi connectivity index (χ2n) is 5.80. The van der Waals surface area contributed by atoms with Crippen LogP contribution in [0.5, 0.6) is 0 Å². The first kappa shape index (κ1) is 19.4. The summed E-state index contributed by atoms with van der Waals surface area (Å²) in [7, 11) is 1.24. The smallest absolute Gasteiger partial charge is 0.412 e. The van der Waals surface area contributed by atoms with Gasteiger partial charge in [0.25, 0.3) is 0 Å². The summed E-state index contributed by atoms with van der Waals surface area (Å²) >= 11 is 5.77. The zero-order valence-electron chi connectivity index (χ0n) is 14.8. The van der Waals surface area contributed by atoms with E-state index in [1.807, 2.05) is 0 Å². The number of fused-ring (bicyclic) bond motifs is 1. The zero-order valence-corrected chi connectivity index (χ0v) is 15.6. The number of aromatic amines is 1. The number of hydrogen-bond donors (Lipinski definition) is 4. The number of ether oxygens (including phenoxy) is 1. The number of amides is 3. The number of halogens is 2. The molecule has 3 rings (SSSR count). The third kappa shape index (κ3) is 4.29. The SMILES string of the molecule is COC(=O)Nc1n[nH]c2cc(NC(=O)N[C@H](C)c3ccc(F)c(Cl)c3)ncc12. The normalized spacial score (nSPS) is 11.7. The fourth-order valence-electron chi connectivity index (χ4n) is 2.44. The number of pyridine rings is 1. The molecule has 0 saturated heterocycles. The van der Waals surface area contributed by atoms with Crippen molar-refractivity contribution in [1.29, 1.82) is 0 Å². The van der Waals surface area contributed by atoms with Gasteiger partial charge < -0.3 is 10.1 Å². The Hall–Kier alpha value is -3.40. The summed E-state index contributed by atoms with van der Waals surface area (Å²) in [6.07, 6.45) is 0.785. The van der Waals surface area contributed by atoms with E-state index in [0.29, 0.717) is 16.5 Å². The summed E-state index contributed by atoms with van der Waals surface area (Å²) in [5.74, 6) is -0.00467. The molecule has 0 bridgehead atoms. The maximum atomic E-state index is 13.3. The van der Waals surface area contributed by atoms with Crippen molar-refractivity contribution in [2.45, 2.75) is 13.0 Å². The van der Waals surface area contributed by atoms with Gasteiger partial charge in [0.15, 0.2) is 5.82 Å². The van der Waals surface area contributed by atoms with Gasteiger partial charge in [-0.2, -0.15) is 5.10 Å². The number of H-pyrrole nitrogens is 1. The van der Waals surface area contributed by atoms with Crippen LogP contribution in [-0.4, -0.2) is 34.4 Å². The maximum Gasteiger partial charge on any atom is 0.412 e. The van der Waals surface area contributed by atoms with Crippen molar-refractivity contribution in [1.82, 2.24) is 20.5 Å². The molecule has 0 aliphatic carbocycles. The Bertz CT molecular complexity index is 1040. The van der Waals surface area contributed by atoms with Crippen molar-refractivity contribution >= 4 is 46.3 Å². The van der Waals surface area contributed by atoms with E-state index in [0.717, 1.165) is 0 Å². The number of anilines is 2. The Balaban J connectivity index is 1.67. The van der Waals surface area contributed by atoms with E-state index >= 15 is 0 Å². The third-order valence-electron chi connectivity index (χ3n) is 3.89. The van der Waals surface area contributed by atoms with Crippen molar-refractivity contribution in [3.05, 3.63) is 46.9 Å². The number of rotatable bonds is 4. The van der Waals surface area contributed by atoms with Crippen LogP contribution in [0.4, 0.5) is 25.6 Å². The topological polar surface area (TPSA) is 121 Å². The van der Waals surface area contributed by atoms with E-state index in [-0.39, 0.29) is 16.7 Å². The zero-order chi connectivity index (χ0) is 20.3. The fourth-order valence-corrected chi connectivity index (χ4v) is 2.63. The minimum Gasteiger partial charge on any atom is -0.453 e. The summed E-state index contributed by atoms with van der Waals surface area (Å²) in [5.41, 5.74) is 1.20. The number of nitrogens with zero attached hydrogens (tertiary/aromatic N) is 2. The third-order valence-corrected chi connectivity index (χ3v) is 4.18. The fraction of sp³-hybridized carbons (Fsp3) is 0.176. The molecule has 0 fully saturated rings. The Kier molecular flexibility index (Phi) is 5.59. The molecule has 2 heterocycles. The van der Waals surface area contributed by atoms with Gasteiger partial charge in [0.1, 0.15) is 11.6 Å². The number of methoxy groups -OCH3 is 1. The highest BCUT2D eigenvalue weighted by molar-refractivity contribution is 6.30. The molecule has 0 aliphatic rings. The van der Waals surface area contributed by atoms with Crippen LogP contribution in [0.15, 0.2) is 30.5 Å². The molecule has 146 valence electrons. The van der Waals surface area contributed by atoms with E-state index in [9.17, 15) is 14.0 Å². The molecule has 0 aliphatic heterocycles.